The molecule has 12 nitrogen and oxygen atoms in total. The van der Waals surface area contributed by atoms with Crippen molar-refractivity contribution in [2.45, 2.75) is 41.5 Å². The summed E-state index contributed by atoms with van der Waals surface area (Å²) in [6.45, 7) is 5.57. The summed E-state index contributed by atoms with van der Waals surface area (Å²) >= 11 is 8.12. The second-order valence-electron chi connectivity index (χ2n) is 15.5. The predicted molar refractivity (Wildman–Crippen MR) is 245 cm³/mol. The third-order valence-electron chi connectivity index (χ3n) is 11.4. The zero-order valence-corrected chi connectivity index (χ0v) is 36.0. The summed E-state index contributed by atoms with van der Waals surface area (Å²) in [4.78, 5) is 26.2. The fraction of sp³-hybridized carbons (Fsp3) is 0.304. The highest BCUT2D eigenvalue weighted by Gasteiger charge is 2.26. The smallest absolute Gasteiger partial charge is 0.293 e. The van der Waals surface area contributed by atoms with Crippen molar-refractivity contribution in [3.05, 3.63) is 142 Å². The van der Waals surface area contributed by atoms with Gasteiger partial charge in [0.1, 0.15) is 12.0 Å². The zero-order valence-electron chi connectivity index (χ0n) is 33.7. The number of fused-ring (bicyclic) bond motifs is 1. The number of morpholine rings is 1. The van der Waals surface area contributed by atoms with Gasteiger partial charge in [0.2, 0.25) is 0 Å². The van der Waals surface area contributed by atoms with Crippen molar-refractivity contribution in [2.24, 2.45) is 5.92 Å². The van der Waals surface area contributed by atoms with Crippen LogP contribution in [0.3, 0.4) is 0 Å². The van der Waals surface area contributed by atoms with Crippen molar-refractivity contribution < 1.29 is 18.1 Å². The number of nitrogens with zero attached hydrogens (tertiary/aromatic N) is 5. The predicted octanol–water partition coefficient (Wildman–Crippen LogP) is 9.41. The van der Waals surface area contributed by atoms with Crippen LogP contribution in [0, 0.1) is 16.0 Å². The molecule has 0 saturated carbocycles. The maximum Gasteiger partial charge on any atom is 0.293 e. The Morgan fingerprint density at radius 3 is 2.39 bits per heavy atom. The van der Waals surface area contributed by atoms with Crippen molar-refractivity contribution in [1.29, 1.82) is 0 Å². The van der Waals surface area contributed by atoms with Gasteiger partial charge < -0.3 is 15.0 Å². The fourth-order valence-corrected chi connectivity index (χ4v) is 10.3. The molecular weight excluding hydrogens is 830 g/mol. The standard InChI is InChI=1S/C46H48ClN7O5S2/c47-36-11-14-41(34-7-3-1-4-8-34)35(28-36)27-33-17-21-53(22-18-33)38-12-15-42-44(29-38)48-32-49-46(42)51-61(57,58)40-13-16-43(45(30-40)54(55)56)50-37(19-20-52-23-25-59-26-24-52)31-60-39-9-5-2-6-10-39/h1-16,28-30,32-33,37,50H,17-27,31H2,(H,48,49,51)/t37-/m1/s1. The van der Waals surface area contributed by atoms with Gasteiger partial charge in [-0.2, -0.15) is 0 Å². The van der Waals surface area contributed by atoms with Crippen molar-refractivity contribution >= 4 is 67.2 Å². The molecule has 0 aliphatic carbocycles. The molecule has 6 aromatic rings. The van der Waals surface area contributed by atoms with Gasteiger partial charge in [-0.25, -0.2) is 18.4 Å². The second kappa shape index (κ2) is 19.6. The lowest BCUT2D eigenvalue weighted by Gasteiger charge is -2.34. The van der Waals surface area contributed by atoms with Crippen molar-refractivity contribution in [3.63, 3.8) is 0 Å². The van der Waals surface area contributed by atoms with Gasteiger partial charge in [0.05, 0.1) is 28.5 Å². The van der Waals surface area contributed by atoms with E-state index in [-0.39, 0.29) is 28.1 Å². The number of rotatable bonds is 16. The van der Waals surface area contributed by atoms with Gasteiger partial charge in [-0.1, -0.05) is 66.2 Å². The molecule has 0 radical (unpaired) electrons. The summed E-state index contributed by atoms with van der Waals surface area (Å²) in [5, 5.41) is 17.1. The van der Waals surface area contributed by atoms with Crippen LogP contribution in [0.2, 0.25) is 5.02 Å². The Morgan fingerprint density at radius 1 is 0.885 bits per heavy atom. The Bertz CT molecular complexity index is 2560. The molecule has 15 heteroatoms. The topological polar surface area (TPSA) is 143 Å². The molecule has 3 heterocycles. The molecule has 2 saturated heterocycles. The monoisotopic (exact) mass is 877 g/mol. The number of halogens is 1. The van der Waals surface area contributed by atoms with Gasteiger partial charge in [0.15, 0.2) is 5.82 Å². The summed E-state index contributed by atoms with van der Waals surface area (Å²) in [5.74, 6) is 1.26. The van der Waals surface area contributed by atoms with Crippen LogP contribution >= 0.6 is 23.4 Å². The number of sulfonamides is 1. The molecule has 316 valence electrons. The van der Waals surface area contributed by atoms with Crippen molar-refractivity contribution in [3.8, 4) is 11.1 Å². The van der Waals surface area contributed by atoms with E-state index in [0.717, 1.165) is 80.1 Å². The van der Waals surface area contributed by atoms with Gasteiger partial charge in [-0.15, -0.1) is 11.8 Å². The number of nitro groups is 1. The number of nitro benzene ring substituents is 1. The summed E-state index contributed by atoms with van der Waals surface area (Å²) in [5.41, 5.74) is 5.18. The number of hydrogen-bond donors (Lipinski definition) is 2. The van der Waals surface area contributed by atoms with Crippen LogP contribution in [0.4, 0.5) is 22.9 Å². The lowest BCUT2D eigenvalue weighted by molar-refractivity contribution is -0.384. The normalized spacial score (nSPS) is 15.7. The number of aromatic nitrogens is 2. The van der Waals surface area contributed by atoms with E-state index in [1.807, 2.05) is 60.7 Å². The first-order valence-electron chi connectivity index (χ1n) is 20.6. The number of benzene rings is 5. The molecule has 0 amide bonds. The van der Waals surface area contributed by atoms with E-state index >= 15 is 0 Å². The first-order valence-corrected chi connectivity index (χ1v) is 23.4. The average molecular weight is 879 g/mol. The van der Waals surface area contributed by atoms with Crippen LogP contribution in [0.25, 0.3) is 22.0 Å². The number of anilines is 3. The molecule has 2 N–H and O–H groups in total. The van der Waals surface area contributed by atoms with Gasteiger partial charge in [-0.05, 0) is 103 Å². The molecule has 1 aromatic heterocycles. The third-order valence-corrected chi connectivity index (χ3v) is 14.2. The highest BCUT2D eigenvalue weighted by Crippen LogP contribution is 2.35. The number of hydrogen-bond acceptors (Lipinski definition) is 11. The largest absolute Gasteiger partial charge is 0.379 e. The molecule has 2 aliphatic heterocycles. The molecule has 1 atom stereocenters. The number of thioether (sulfide) groups is 1. The van der Waals surface area contributed by atoms with Crippen molar-refractivity contribution in [1.82, 2.24) is 14.9 Å². The summed E-state index contributed by atoms with van der Waals surface area (Å²) in [7, 11) is -4.28. The maximum atomic E-state index is 13.8. The summed E-state index contributed by atoms with van der Waals surface area (Å²) in [6.07, 6.45) is 5.02. The lowest BCUT2D eigenvalue weighted by atomic mass is 9.87. The minimum atomic E-state index is -4.28. The van der Waals surface area contributed by atoms with E-state index in [9.17, 15) is 18.5 Å². The van der Waals surface area contributed by atoms with E-state index < -0.39 is 14.9 Å². The Kier molecular flexibility index (Phi) is 13.7. The molecule has 0 spiro atoms. The molecule has 61 heavy (non-hydrogen) atoms. The van der Waals surface area contributed by atoms with E-state index in [1.165, 1.54) is 35.2 Å². The molecular formula is C46H48ClN7O5S2. The van der Waals surface area contributed by atoms with Gasteiger partial charge >= 0.3 is 0 Å². The van der Waals surface area contributed by atoms with Crippen LogP contribution in [0.15, 0.2) is 131 Å². The van der Waals surface area contributed by atoms with Crippen LogP contribution in [-0.2, 0) is 21.2 Å². The number of piperidine rings is 1. The number of nitrogens with one attached hydrogen (secondary N) is 2. The molecule has 2 fully saturated rings. The van der Waals surface area contributed by atoms with Gasteiger partial charge in [0, 0.05) is 71.6 Å². The van der Waals surface area contributed by atoms with Crippen LogP contribution < -0.4 is 14.9 Å². The molecule has 8 rings (SSSR count). The Balaban J connectivity index is 0.939. The van der Waals surface area contributed by atoms with Crippen LogP contribution in [0.5, 0.6) is 0 Å². The van der Waals surface area contributed by atoms with E-state index in [4.69, 9.17) is 16.3 Å². The maximum absolute atomic E-state index is 13.8. The SMILES string of the molecule is O=[N+]([O-])c1cc(S(=O)(=O)Nc2ncnc3cc(N4CCC(Cc5cc(Cl)ccc5-c5ccccc5)CC4)ccc23)ccc1N[C@H](CCN1CCOCC1)CSc1ccccc1. The summed E-state index contributed by atoms with van der Waals surface area (Å²) < 4.78 is 35.8. The minimum Gasteiger partial charge on any atom is -0.379 e. The quantitative estimate of drug-likeness (QED) is 0.0546. The first kappa shape index (κ1) is 42.4. The van der Waals surface area contributed by atoms with E-state index in [0.29, 0.717) is 35.8 Å². The van der Waals surface area contributed by atoms with Gasteiger partial charge in [0.25, 0.3) is 15.7 Å². The van der Waals surface area contributed by atoms with E-state index in [2.05, 4.69) is 66.2 Å². The molecule has 0 bridgehead atoms. The molecule has 2 aliphatic rings. The lowest BCUT2D eigenvalue weighted by Crippen LogP contribution is -2.39. The molecule has 0 unspecified atom stereocenters. The van der Waals surface area contributed by atoms with Gasteiger partial charge in [-0.3, -0.25) is 19.7 Å². The van der Waals surface area contributed by atoms with E-state index in [1.54, 1.807) is 11.8 Å². The van der Waals surface area contributed by atoms with Crippen LogP contribution in [-0.4, -0.2) is 85.9 Å². The zero-order chi connectivity index (χ0) is 42.2. The van der Waals surface area contributed by atoms with Crippen LogP contribution in [0.1, 0.15) is 24.8 Å². The fourth-order valence-electron chi connectivity index (χ4n) is 8.09. The second-order valence-corrected chi connectivity index (χ2v) is 18.7. The average Bonchev–Trinajstić information content (AvgIpc) is 3.28. The Hall–Kier alpha value is -5.25. The molecule has 5 aromatic carbocycles. The summed E-state index contributed by atoms with van der Waals surface area (Å²) in [6, 6.07) is 36.2. The highest BCUT2D eigenvalue weighted by atomic mass is 35.5. The van der Waals surface area contributed by atoms with Crippen molar-refractivity contribution in [2.75, 3.05) is 66.6 Å². The first-order chi connectivity index (χ1) is 29.7. The Labute approximate surface area is 365 Å². The minimum absolute atomic E-state index is 0.0944. The Morgan fingerprint density at radius 2 is 1.64 bits per heavy atom. The highest BCUT2D eigenvalue weighted by molar-refractivity contribution is 7.99. The number of ether oxygens (including phenoxy) is 1. The third kappa shape index (κ3) is 10.8.